The zero-order valence-electron chi connectivity index (χ0n) is 18.2. The Morgan fingerprint density at radius 3 is 2.03 bits per heavy atom. The second-order valence-corrected chi connectivity index (χ2v) is 6.95. The fraction of sp³-hybridized carbons (Fsp3) is 0.600. The minimum Gasteiger partial charge on any atom is -0.460 e. The van der Waals surface area contributed by atoms with Crippen LogP contribution >= 0.6 is 0 Å². The summed E-state index contributed by atoms with van der Waals surface area (Å²) in [5.74, 6) is -1.13. The predicted molar refractivity (Wildman–Crippen MR) is 110 cm³/mol. The highest BCUT2D eigenvalue weighted by Gasteiger charge is 2.36. The van der Waals surface area contributed by atoms with Crippen LogP contribution in [0.4, 0.5) is 9.59 Å². The molecule has 3 unspecified atom stereocenters. The number of aliphatic hydroxyl groups is 1. The molecule has 12 heteroatoms. The Hall–Kier alpha value is -3.12. The van der Waals surface area contributed by atoms with Crippen molar-refractivity contribution in [2.45, 2.75) is 38.6 Å². The van der Waals surface area contributed by atoms with Gasteiger partial charge in [-0.05, 0) is 13.8 Å². The van der Waals surface area contributed by atoms with Gasteiger partial charge in [-0.25, -0.2) is 19.2 Å². The van der Waals surface area contributed by atoms with Crippen LogP contribution in [0.15, 0.2) is 24.3 Å². The molecule has 3 N–H and O–H groups in total. The summed E-state index contributed by atoms with van der Waals surface area (Å²) in [4.78, 5) is 46.1. The predicted octanol–water partition coefficient (Wildman–Crippen LogP) is 0.196. The summed E-state index contributed by atoms with van der Waals surface area (Å²) in [6, 6.07) is 0. The van der Waals surface area contributed by atoms with Crippen LogP contribution in [0.3, 0.4) is 0 Å². The number of aliphatic hydroxyl groups excluding tert-OH is 1. The maximum absolute atomic E-state index is 11.8. The molecule has 0 spiro atoms. The topological polar surface area (TPSA) is 159 Å². The van der Waals surface area contributed by atoms with Gasteiger partial charge in [0.1, 0.15) is 25.4 Å². The molecule has 0 aliphatic carbocycles. The smallest absolute Gasteiger partial charge is 0.407 e. The van der Waals surface area contributed by atoms with Gasteiger partial charge in [0, 0.05) is 17.6 Å². The number of esters is 2. The van der Waals surface area contributed by atoms with Crippen molar-refractivity contribution in [3.63, 3.8) is 0 Å². The van der Waals surface area contributed by atoms with Crippen LogP contribution in [-0.2, 0) is 33.3 Å². The van der Waals surface area contributed by atoms with Gasteiger partial charge in [-0.2, -0.15) is 0 Å². The van der Waals surface area contributed by atoms with E-state index in [2.05, 4.69) is 23.8 Å². The Labute approximate surface area is 185 Å². The van der Waals surface area contributed by atoms with Crippen molar-refractivity contribution in [2.75, 3.05) is 39.5 Å². The van der Waals surface area contributed by atoms with Crippen LogP contribution in [0.2, 0.25) is 0 Å². The number of carbonyl (C=O) groups excluding carboxylic acids is 4. The highest BCUT2D eigenvalue weighted by Crippen LogP contribution is 2.21. The Morgan fingerprint density at radius 1 is 1.00 bits per heavy atom. The van der Waals surface area contributed by atoms with Crippen LogP contribution in [0.1, 0.15) is 20.3 Å². The van der Waals surface area contributed by atoms with Crippen LogP contribution in [0.25, 0.3) is 0 Å². The minimum atomic E-state index is -0.980. The van der Waals surface area contributed by atoms with Crippen LogP contribution in [0.5, 0.6) is 0 Å². The minimum absolute atomic E-state index is 0.00904. The summed E-state index contributed by atoms with van der Waals surface area (Å²) >= 11 is 0. The van der Waals surface area contributed by atoms with Gasteiger partial charge in [0.15, 0.2) is 6.10 Å². The van der Waals surface area contributed by atoms with E-state index in [0.717, 1.165) is 0 Å². The van der Waals surface area contributed by atoms with E-state index >= 15 is 0 Å². The average molecular weight is 458 g/mol. The second-order valence-electron chi connectivity index (χ2n) is 6.95. The molecule has 1 rings (SSSR count). The SMILES string of the molecule is C=C(C)C(=O)OCCNC(=O)OC1COC(C(CO)OC(=O)NCCOC(=O)C(=C)C)C1. The lowest BCUT2D eigenvalue weighted by Gasteiger charge is -2.21. The van der Waals surface area contributed by atoms with Gasteiger partial charge in [-0.1, -0.05) is 13.2 Å². The first-order chi connectivity index (χ1) is 15.1. The molecule has 32 heavy (non-hydrogen) atoms. The number of alkyl carbamates (subject to hydrolysis) is 2. The van der Waals surface area contributed by atoms with Crippen LogP contribution in [0, 0.1) is 0 Å². The Bertz CT molecular complexity index is 708. The zero-order valence-corrected chi connectivity index (χ0v) is 18.2. The molecule has 180 valence electrons. The summed E-state index contributed by atoms with van der Waals surface area (Å²) in [5, 5.41) is 14.3. The van der Waals surface area contributed by atoms with Crippen molar-refractivity contribution < 1.29 is 48.0 Å². The number of amides is 2. The van der Waals surface area contributed by atoms with Gasteiger partial charge in [-0.15, -0.1) is 0 Å². The van der Waals surface area contributed by atoms with Gasteiger partial charge < -0.3 is 39.4 Å². The monoisotopic (exact) mass is 458 g/mol. The molecule has 0 aromatic heterocycles. The van der Waals surface area contributed by atoms with Crippen molar-refractivity contribution in [3.05, 3.63) is 24.3 Å². The molecule has 3 atom stereocenters. The first-order valence-electron chi connectivity index (χ1n) is 9.90. The van der Waals surface area contributed by atoms with Gasteiger partial charge in [0.05, 0.1) is 26.3 Å². The van der Waals surface area contributed by atoms with E-state index in [1.165, 1.54) is 13.8 Å². The van der Waals surface area contributed by atoms with Gasteiger partial charge in [0.2, 0.25) is 0 Å². The van der Waals surface area contributed by atoms with E-state index in [1.54, 1.807) is 0 Å². The lowest BCUT2D eigenvalue weighted by Crippen LogP contribution is -2.39. The molecular formula is C20H30N2O10. The molecule has 1 aliphatic rings. The third-order valence-corrected chi connectivity index (χ3v) is 4.02. The molecule has 1 saturated heterocycles. The first-order valence-corrected chi connectivity index (χ1v) is 9.90. The molecule has 0 bridgehead atoms. The quantitative estimate of drug-likeness (QED) is 0.160. The molecule has 2 amide bonds. The number of carbonyl (C=O) groups is 4. The molecule has 1 aliphatic heterocycles. The van der Waals surface area contributed by atoms with E-state index in [4.69, 9.17) is 23.7 Å². The molecule has 0 aromatic carbocycles. The second kappa shape index (κ2) is 14.0. The van der Waals surface area contributed by atoms with Gasteiger partial charge >= 0.3 is 24.1 Å². The fourth-order valence-corrected chi connectivity index (χ4v) is 2.41. The van der Waals surface area contributed by atoms with E-state index < -0.39 is 49.0 Å². The highest BCUT2D eigenvalue weighted by atomic mass is 16.6. The average Bonchev–Trinajstić information content (AvgIpc) is 3.20. The van der Waals surface area contributed by atoms with E-state index in [9.17, 15) is 24.3 Å². The van der Waals surface area contributed by atoms with Crippen LogP contribution in [-0.4, -0.2) is 87.1 Å². The lowest BCUT2D eigenvalue weighted by molar-refractivity contribution is -0.139. The van der Waals surface area contributed by atoms with Crippen molar-refractivity contribution in [1.29, 1.82) is 0 Å². The van der Waals surface area contributed by atoms with E-state index in [-0.39, 0.29) is 50.5 Å². The van der Waals surface area contributed by atoms with Crippen molar-refractivity contribution in [2.24, 2.45) is 0 Å². The van der Waals surface area contributed by atoms with Crippen molar-refractivity contribution in [3.8, 4) is 0 Å². The molecule has 0 radical (unpaired) electrons. The summed E-state index contributed by atoms with van der Waals surface area (Å²) in [7, 11) is 0. The fourth-order valence-electron chi connectivity index (χ4n) is 2.41. The van der Waals surface area contributed by atoms with Crippen molar-refractivity contribution in [1.82, 2.24) is 10.6 Å². The molecule has 12 nitrogen and oxygen atoms in total. The zero-order chi connectivity index (χ0) is 24.1. The Balaban J connectivity index is 2.28. The molecule has 1 heterocycles. The largest absolute Gasteiger partial charge is 0.460 e. The number of rotatable bonds is 12. The summed E-state index contributed by atoms with van der Waals surface area (Å²) < 4.78 is 25.4. The number of ether oxygens (including phenoxy) is 5. The Morgan fingerprint density at radius 2 is 1.53 bits per heavy atom. The molecule has 0 saturated carbocycles. The third-order valence-electron chi connectivity index (χ3n) is 4.02. The molecule has 1 fully saturated rings. The summed E-state index contributed by atoms with van der Waals surface area (Å²) in [6.45, 7) is 9.40. The third kappa shape index (κ3) is 10.3. The van der Waals surface area contributed by atoms with Crippen LogP contribution < -0.4 is 10.6 Å². The molecule has 0 aromatic rings. The summed E-state index contributed by atoms with van der Waals surface area (Å²) in [6.07, 6.45) is -3.63. The van der Waals surface area contributed by atoms with E-state index in [0.29, 0.717) is 0 Å². The van der Waals surface area contributed by atoms with E-state index in [1.807, 2.05) is 0 Å². The van der Waals surface area contributed by atoms with Gasteiger partial charge in [0.25, 0.3) is 0 Å². The maximum Gasteiger partial charge on any atom is 0.407 e. The van der Waals surface area contributed by atoms with Gasteiger partial charge in [-0.3, -0.25) is 0 Å². The van der Waals surface area contributed by atoms with Crippen molar-refractivity contribution >= 4 is 24.1 Å². The standard InChI is InChI=1S/C20H30N2O10/c1-12(2)17(24)28-7-5-21-19(26)31-14-9-15(30-11-14)16(10-23)32-20(27)22-6-8-29-18(25)13(3)4/h14-16,23H,1,3,5-11H2,2,4H3,(H,21,26)(H,22,27). The number of hydrogen-bond acceptors (Lipinski definition) is 10. The Kier molecular flexibility index (Phi) is 11.8. The first kappa shape index (κ1) is 26.9. The highest BCUT2D eigenvalue weighted by molar-refractivity contribution is 5.87. The normalized spacial score (nSPS) is 18.1. The molecular weight excluding hydrogens is 428 g/mol. The number of hydrogen-bond donors (Lipinski definition) is 3. The maximum atomic E-state index is 11.8. The number of nitrogens with one attached hydrogen (secondary N) is 2. The lowest BCUT2D eigenvalue weighted by atomic mass is 10.1. The summed E-state index contributed by atoms with van der Waals surface area (Å²) in [5.41, 5.74) is 0.491.